The summed E-state index contributed by atoms with van der Waals surface area (Å²) in [6, 6.07) is 1.76. The molecule has 1 heterocycles. The number of fused-ring (bicyclic) bond motifs is 1. The van der Waals surface area contributed by atoms with Crippen molar-refractivity contribution in [3.05, 3.63) is 22.8 Å². The van der Waals surface area contributed by atoms with Crippen LogP contribution in [-0.2, 0) is 11.2 Å². The van der Waals surface area contributed by atoms with Gasteiger partial charge in [0.25, 0.3) is 0 Å². The molecule has 1 atom stereocenters. The highest BCUT2D eigenvalue weighted by Gasteiger charge is 2.33. The number of carboxylic acids is 1. The fraction of sp³-hybridized carbons (Fsp3) is 0.533. The summed E-state index contributed by atoms with van der Waals surface area (Å²) >= 11 is 0. The number of aryl methyl sites for hydroxylation is 1. The first-order chi connectivity index (χ1) is 8.82. The maximum atomic E-state index is 10.7. The number of aromatic hydroxyl groups is 1. The van der Waals surface area contributed by atoms with E-state index in [0.717, 1.165) is 35.3 Å². The molecule has 0 fully saturated rings. The third kappa shape index (κ3) is 2.67. The molecule has 1 aromatic carbocycles. The zero-order valence-corrected chi connectivity index (χ0v) is 11.6. The zero-order valence-electron chi connectivity index (χ0n) is 11.6. The largest absolute Gasteiger partial charge is 0.508 e. The van der Waals surface area contributed by atoms with Gasteiger partial charge in [-0.1, -0.05) is 0 Å². The molecule has 0 saturated heterocycles. The summed E-state index contributed by atoms with van der Waals surface area (Å²) in [5.74, 6) is 0.317. The van der Waals surface area contributed by atoms with E-state index in [1.807, 2.05) is 20.8 Å². The first-order valence-corrected chi connectivity index (χ1v) is 6.55. The molecule has 2 N–H and O–H groups in total. The van der Waals surface area contributed by atoms with Crippen LogP contribution in [0.25, 0.3) is 0 Å². The molecule has 4 heteroatoms. The number of hydrogen-bond donors (Lipinski definition) is 2. The molecule has 0 spiro atoms. The molecule has 4 nitrogen and oxygen atoms in total. The second-order valence-corrected chi connectivity index (χ2v) is 5.58. The lowest BCUT2D eigenvalue weighted by Gasteiger charge is -2.37. The van der Waals surface area contributed by atoms with Gasteiger partial charge in [-0.15, -0.1) is 0 Å². The van der Waals surface area contributed by atoms with Gasteiger partial charge in [-0.2, -0.15) is 0 Å². The molecule has 1 aromatic rings. The van der Waals surface area contributed by atoms with E-state index in [1.54, 1.807) is 6.07 Å². The van der Waals surface area contributed by atoms with Crippen LogP contribution in [0.5, 0.6) is 11.5 Å². The van der Waals surface area contributed by atoms with E-state index in [1.165, 1.54) is 0 Å². The van der Waals surface area contributed by atoms with E-state index in [9.17, 15) is 9.90 Å². The highest BCUT2D eigenvalue weighted by molar-refractivity contribution is 5.66. The smallest absolute Gasteiger partial charge is 0.303 e. The Kier molecular flexibility index (Phi) is 3.43. The summed E-state index contributed by atoms with van der Waals surface area (Å²) < 4.78 is 6.06. The van der Waals surface area contributed by atoms with Gasteiger partial charge in [0, 0.05) is 6.42 Å². The third-order valence-corrected chi connectivity index (χ3v) is 4.03. The van der Waals surface area contributed by atoms with Gasteiger partial charge in [0.1, 0.15) is 17.1 Å². The Balaban J connectivity index is 2.28. The summed E-state index contributed by atoms with van der Waals surface area (Å²) in [5, 5.41) is 18.6. The highest BCUT2D eigenvalue weighted by Crippen LogP contribution is 2.41. The average molecular weight is 264 g/mol. The van der Waals surface area contributed by atoms with Crippen LogP contribution in [0.4, 0.5) is 0 Å². The topological polar surface area (TPSA) is 66.8 Å². The molecule has 0 radical (unpaired) electrons. The lowest BCUT2D eigenvalue weighted by molar-refractivity contribution is -0.138. The first kappa shape index (κ1) is 13.7. The zero-order chi connectivity index (χ0) is 14.2. The quantitative estimate of drug-likeness (QED) is 0.880. The number of rotatable bonds is 3. The van der Waals surface area contributed by atoms with Gasteiger partial charge in [0.2, 0.25) is 0 Å². The van der Waals surface area contributed by atoms with Crippen molar-refractivity contribution in [3.63, 3.8) is 0 Å². The van der Waals surface area contributed by atoms with Crippen molar-refractivity contribution in [2.75, 3.05) is 0 Å². The maximum Gasteiger partial charge on any atom is 0.303 e. The lowest BCUT2D eigenvalue weighted by Crippen LogP contribution is -2.37. The average Bonchev–Trinajstić information content (AvgIpc) is 2.35. The summed E-state index contributed by atoms with van der Waals surface area (Å²) in [6.45, 7) is 5.74. The fourth-order valence-electron chi connectivity index (χ4n) is 2.51. The Labute approximate surface area is 113 Å². The van der Waals surface area contributed by atoms with Crippen molar-refractivity contribution in [1.29, 1.82) is 0 Å². The molecule has 0 aliphatic carbocycles. The van der Waals surface area contributed by atoms with Crippen LogP contribution >= 0.6 is 0 Å². The first-order valence-electron chi connectivity index (χ1n) is 6.55. The summed E-state index contributed by atoms with van der Waals surface area (Å²) in [6.07, 6.45) is 2.19. The third-order valence-electron chi connectivity index (χ3n) is 4.03. The van der Waals surface area contributed by atoms with E-state index < -0.39 is 11.6 Å². The van der Waals surface area contributed by atoms with Crippen LogP contribution in [0, 0.1) is 13.8 Å². The van der Waals surface area contributed by atoms with Crippen LogP contribution in [0.2, 0.25) is 0 Å². The number of hydrogen-bond acceptors (Lipinski definition) is 3. The monoisotopic (exact) mass is 264 g/mol. The molecule has 1 aliphatic rings. The number of carboxylic acid groups (broad SMARTS) is 1. The van der Waals surface area contributed by atoms with Gasteiger partial charge < -0.3 is 14.9 Å². The van der Waals surface area contributed by atoms with Crippen LogP contribution in [0.3, 0.4) is 0 Å². The Morgan fingerprint density at radius 2 is 2.11 bits per heavy atom. The van der Waals surface area contributed by atoms with E-state index in [4.69, 9.17) is 9.84 Å². The Morgan fingerprint density at radius 1 is 1.42 bits per heavy atom. The highest BCUT2D eigenvalue weighted by atomic mass is 16.5. The minimum atomic E-state index is -0.797. The Bertz CT molecular complexity index is 521. The predicted molar refractivity (Wildman–Crippen MR) is 71.8 cm³/mol. The molecule has 1 aliphatic heterocycles. The van der Waals surface area contributed by atoms with Crippen molar-refractivity contribution in [2.45, 2.75) is 52.1 Å². The Morgan fingerprint density at radius 3 is 2.74 bits per heavy atom. The van der Waals surface area contributed by atoms with Gasteiger partial charge in [0.15, 0.2) is 0 Å². The minimum Gasteiger partial charge on any atom is -0.508 e. The van der Waals surface area contributed by atoms with Crippen molar-refractivity contribution in [2.24, 2.45) is 0 Å². The molecule has 1 unspecified atom stereocenters. The molecule has 0 amide bonds. The molecule has 0 aromatic heterocycles. The van der Waals surface area contributed by atoms with E-state index in [0.29, 0.717) is 12.2 Å². The van der Waals surface area contributed by atoms with E-state index in [2.05, 4.69) is 0 Å². The number of carbonyl (C=O) groups is 1. The molecular formula is C15H20O4. The normalized spacial score (nSPS) is 21.6. The number of phenolic OH excluding ortho intramolecular Hbond substituents is 1. The molecule has 0 bridgehead atoms. The maximum absolute atomic E-state index is 10.7. The predicted octanol–water partition coefficient (Wildman–Crippen LogP) is 2.96. The minimum absolute atomic E-state index is 0.113. The second kappa shape index (κ2) is 4.76. The fourth-order valence-corrected chi connectivity index (χ4v) is 2.51. The number of ether oxygens (including phenoxy) is 1. The number of aliphatic carboxylic acids is 1. The lowest BCUT2D eigenvalue weighted by atomic mass is 9.87. The Hall–Kier alpha value is -1.71. The second-order valence-electron chi connectivity index (χ2n) is 5.58. The standard InChI is InChI=1S/C15H20O4/c1-9-10(2)14-11(8-12(9)16)4-6-15(3,19-14)7-5-13(17)18/h8,16H,4-7H2,1-3H3,(H,17,18). The van der Waals surface area contributed by atoms with Gasteiger partial charge in [-0.3, -0.25) is 4.79 Å². The van der Waals surface area contributed by atoms with Crippen LogP contribution < -0.4 is 4.74 Å². The van der Waals surface area contributed by atoms with E-state index >= 15 is 0 Å². The van der Waals surface area contributed by atoms with Crippen molar-refractivity contribution < 1.29 is 19.7 Å². The SMILES string of the molecule is Cc1c(O)cc2c(c1C)OC(C)(CCC(=O)O)CC2. The molecule has 2 rings (SSSR count). The van der Waals surface area contributed by atoms with E-state index in [-0.39, 0.29) is 6.42 Å². The van der Waals surface area contributed by atoms with Crippen LogP contribution in [-0.4, -0.2) is 21.8 Å². The molecule has 0 saturated carbocycles. The molecule has 19 heavy (non-hydrogen) atoms. The van der Waals surface area contributed by atoms with Crippen molar-refractivity contribution in [3.8, 4) is 11.5 Å². The number of benzene rings is 1. The van der Waals surface area contributed by atoms with Gasteiger partial charge in [-0.05, 0) is 62.8 Å². The molecule has 104 valence electrons. The number of phenols is 1. The molecular weight excluding hydrogens is 244 g/mol. The summed E-state index contributed by atoms with van der Waals surface area (Å²) in [7, 11) is 0. The van der Waals surface area contributed by atoms with Crippen molar-refractivity contribution in [1.82, 2.24) is 0 Å². The van der Waals surface area contributed by atoms with Crippen molar-refractivity contribution >= 4 is 5.97 Å². The van der Waals surface area contributed by atoms with Gasteiger partial charge in [-0.25, -0.2) is 0 Å². The van der Waals surface area contributed by atoms with Crippen LogP contribution in [0.1, 0.15) is 42.9 Å². The summed E-state index contributed by atoms with van der Waals surface area (Å²) in [5.41, 5.74) is 2.34. The van der Waals surface area contributed by atoms with Gasteiger partial charge in [0.05, 0.1) is 0 Å². The summed E-state index contributed by atoms with van der Waals surface area (Å²) in [4.78, 5) is 10.7. The van der Waals surface area contributed by atoms with Gasteiger partial charge >= 0.3 is 5.97 Å². The van der Waals surface area contributed by atoms with Crippen LogP contribution in [0.15, 0.2) is 6.07 Å².